The van der Waals surface area contributed by atoms with Gasteiger partial charge in [0.25, 0.3) is 0 Å². The van der Waals surface area contributed by atoms with Gasteiger partial charge in [0, 0.05) is 17.8 Å². The number of hydrogen-bond donors (Lipinski definition) is 1. The number of hydrogen-bond acceptors (Lipinski definition) is 7. The molecule has 0 saturated carbocycles. The van der Waals surface area contributed by atoms with Crippen molar-refractivity contribution < 1.29 is 28.9 Å². The molecule has 2 atom stereocenters. The first-order valence-electron chi connectivity index (χ1n) is 13.4. The van der Waals surface area contributed by atoms with Gasteiger partial charge < -0.3 is 24.2 Å². The predicted molar refractivity (Wildman–Crippen MR) is 152 cm³/mol. The molecule has 9 heteroatoms. The number of aliphatic hydroxyl groups excluding tert-OH is 1. The number of fused-ring (bicyclic) bond motifs is 1. The number of nitrogens with zero attached hydrogens (tertiary/aromatic N) is 2. The summed E-state index contributed by atoms with van der Waals surface area (Å²) in [6, 6.07) is 15.9. The number of aryl methyl sites for hydroxylation is 1. The van der Waals surface area contributed by atoms with Gasteiger partial charge in [0.1, 0.15) is 22.3 Å². The van der Waals surface area contributed by atoms with Crippen LogP contribution in [0.2, 0.25) is 5.15 Å². The van der Waals surface area contributed by atoms with Crippen LogP contribution in [0, 0.1) is 0 Å². The molecule has 0 saturated heterocycles. The number of ether oxygens (including phenoxy) is 3. The minimum Gasteiger partial charge on any atom is -0.462 e. The summed E-state index contributed by atoms with van der Waals surface area (Å²) >= 11 is 5.90. The van der Waals surface area contributed by atoms with E-state index in [4.69, 9.17) is 25.8 Å². The molecule has 0 bridgehead atoms. The Morgan fingerprint density at radius 1 is 1.10 bits per heavy atom. The van der Waals surface area contributed by atoms with Gasteiger partial charge in [-0.1, -0.05) is 29.8 Å². The summed E-state index contributed by atoms with van der Waals surface area (Å²) in [5.74, 6) is 0.740. The molecule has 40 heavy (non-hydrogen) atoms. The van der Waals surface area contributed by atoms with Crippen molar-refractivity contribution in [3.8, 4) is 11.5 Å². The van der Waals surface area contributed by atoms with Crippen molar-refractivity contribution in [2.24, 2.45) is 0 Å². The third-order valence-electron chi connectivity index (χ3n) is 6.53. The molecule has 0 unspecified atom stereocenters. The van der Waals surface area contributed by atoms with Crippen molar-refractivity contribution in [3.63, 3.8) is 0 Å². The van der Waals surface area contributed by atoms with Crippen LogP contribution in [0.15, 0.2) is 60.8 Å². The average Bonchev–Trinajstić information content (AvgIpc) is 2.91. The Bertz CT molecular complexity index is 1340. The SMILES string of the molecule is CCOC(=O)c1cccc(Oc2ccc3c(c2)C[C@@H](N(C[C@@H](O)c2ccc(Cl)nc2)C(=O)OC(C)(C)C)CC3)c1. The number of halogens is 1. The van der Waals surface area contributed by atoms with Gasteiger partial charge in [0.05, 0.1) is 24.8 Å². The smallest absolute Gasteiger partial charge is 0.410 e. The van der Waals surface area contributed by atoms with Crippen molar-refractivity contribution >= 4 is 23.7 Å². The molecule has 1 aliphatic carbocycles. The minimum atomic E-state index is -0.958. The Morgan fingerprint density at radius 2 is 1.88 bits per heavy atom. The van der Waals surface area contributed by atoms with Crippen molar-refractivity contribution in [1.82, 2.24) is 9.88 Å². The molecule has 0 aliphatic heterocycles. The fourth-order valence-corrected chi connectivity index (χ4v) is 4.76. The van der Waals surface area contributed by atoms with E-state index in [-0.39, 0.29) is 12.6 Å². The lowest BCUT2D eigenvalue weighted by Crippen LogP contribution is -2.47. The van der Waals surface area contributed by atoms with Crippen molar-refractivity contribution in [2.45, 2.75) is 64.7 Å². The van der Waals surface area contributed by atoms with E-state index in [0.717, 1.165) is 18.4 Å². The average molecular weight is 567 g/mol. The normalized spacial score (nSPS) is 15.5. The Kier molecular flexibility index (Phi) is 9.32. The van der Waals surface area contributed by atoms with Crippen LogP contribution in [0.4, 0.5) is 4.79 Å². The number of carbonyl (C=O) groups is 2. The molecule has 1 N–H and O–H groups in total. The van der Waals surface area contributed by atoms with Gasteiger partial charge in [-0.25, -0.2) is 14.6 Å². The Morgan fingerprint density at radius 3 is 2.58 bits per heavy atom. The van der Waals surface area contributed by atoms with Gasteiger partial charge in [-0.2, -0.15) is 0 Å². The zero-order valence-electron chi connectivity index (χ0n) is 23.2. The van der Waals surface area contributed by atoms with Crippen molar-refractivity contribution in [3.05, 3.63) is 88.2 Å². The summed E-state index contributed by atoms with van der Waals surface area (Å²) in [7, 11) is 0. The lowest BCUT2D eigenvalue weighted by atomic mass is 9.87. The van der Waals surface area contributed by atoms with Crippen molar-refractivity contribution in [1.29, 1.82) is 0 Å². The first-order valence-corrected chi connectivity index (χ1v) is 13.8. The minimum absolute atomic E-state index is 0.0507. The molecule has 0 spiro atoms. The van der Waals surface area contributed by atoms with Crippen LogP contribution in [0.3, 0.4) is 0 Å². The van der Waals surface area contributed by atoms with E-state index in [9.17, 15) is 14.7 Å². The molecular formula is C31H35ClN2O6. The molecule has 0 radical (unpaired) electrons. The second-order valence-corrected chi connectivity index (χ2v) is 11.1. The molecule has 1 aliphatic rings. The highest BCUT2D eigenvalue weighted by Crippen LogP contribution is 2.32. The van der Waals surface area contributed by atoms with Crippen LogP contribution in [0.5, 0.6) is 11.5 Å². The fraction of sp³-hybridized carbons (Fsp3) is 0.387. The summed E-state index contributed by atoms with van der Waals surface area (Å²) in [5, 5.41) is 11.3. The second kappa shape index (κ2) is 12.7. The van der Waals surface area contributed by atoms with Crippen LogP contribution < -0.4 is 4.74 Å². The summed E-state index contributed by atoms with van der Waals surface area (Å²) in [6.45, 7) is 7.56. The molecule has 4 rings (SSSR count). The highest BCUT2D eigenvalue weighted by Gasteiger charge is 2.33. The molecule has 212 valence electrons. The highest BCUT2D eigenvalue weighted by molar-refractivity contribution is 6.29. The van der Waals surface area contributed by atoms with Gasteiger partial charge >= 0.3 is 12.1 Å². The maximum absolute atomic E-state index is 13.3. The zero-order chi connectivity index (χ0) is 28.9. The van der Waals surface area contributed by atoms with Gasteiger partial charge in [0.15, 0.2) is 0 Å². The summed E-state index contributed by atoms with van der Waals surface area (Å²) in [6.07, 6.45) is 2.12. The number of benzene rings is 2. The first-order chi connectivity index (χ1) is 19.0. The first kappa shape index (κ1) is 29.4. The zero-order valence-corrected chi connectivity index (χ0v) is 24.0. The van der Waals surface area contributed by atoms with Gasteiger partial charge in [-0.3, -0.25) is 0 Å². The molecule has 2 aromatic carbocycles. The third-order valence-corrected chi connectivity index (χ3v) is 6.76. The van der Waals surface area contributed by atoms with E-state index in [1.807, 2.05) is 39.0 Å². The van der Waals surface area contributed by atoms with Gasteiger partial charge in [-0.05, 0) is 94.5 Å². The van der Waals surface area contributed by atoms with Crippen LogP contribution in [0.1, 0.15) is 67.3 Å². The van der Waals surface area contributed by atoms with E-state index >= 15 is 0 Å². The standard InChI is InChI=1S/C31H35ClN2O6/c1-5-38-29(36)21-7-6-8-25(16-21)39-26-13-10-20-9-12-24(15-23(20)17-26)34(30(37)40-31(2,3)4)19-27(35)22-11-14-28(32)33-18-22/h6-8,10-11,13-14,16-18,24,27,35H,5,9,12,15,19H2,1-4H3/t24-,27+/m0/s1. The van der Waals surface area contributed by atoms with E-state index < -0.39 is 23.8 Å². The number of rotatable bonds is 8. The number of aromatic nitrogens is 1. The van der Waals surface area contributed by atoms with Crippen LogP contribution in [-0.2, 0) is 22.3 Å². The van der Waals surface area contributed by atoms with Crippen LogP contribution >= 0.6 is 11.6 Å². The topological polar surface area (TPSA) is 98.2 Å². The van der Waals surface area contributed by atoms with Crippen LogP contribution in [-0.4, -0.2) is 51.8 Å². The number of esters is 1. The third kappa shape index (κ3) is 7.73. The van der Waals surface area contributed by atoms with Crippen molar-refractivity contribution in [2.75, 3.05) is 13.2 Å². The Hall–Kier alpha value is -3.62. The molecular weight excluding hydrogens is 532 g/mol. The molecule has 1 aromatic heterocycles. The Labute approximate surface area is 239 Å². The maximum atomic E-state index is 13.3. The lowest BCUT2D eigenvalue weighted by Gasteiger charge is -2.37. The van der Waals surface area contributed by atoms with E-state index in [1.54, 1.807) is 48.2 Å². The summed E-state index contributed by atoms with van der Waals surface area (Å²) in [5.41, 5.74) is 2.52. The quantitative estimate of drug-likeness (QED) is 0.244. The Balaban J connectivity index is 1.54. The van der Waals surface area contributed by atoms with Gasteiger partial charge in [-0.15, -0.1) is 0 Å². The number of amides is 1. The van der Waals surface area contributed by atoms with Crippen LogP contribution in [0.25, 0.3) is 0 Å². The van der Waals surface area contributed by atoms with E-state index in [1.165, 1.54) is 11.8 Å². The molecule has 0 fully saturated rings. The maximum Gasteiger partial charge on any atom is 0.410 e. The predicted octanol–water partition coefficient (Wildman–Crippen LogP) is 6.53. The fourth-order valence-electron chi connectivity index (χ4n) is 4.65. The number of aliphatic hydroxyl groups is 1. The molecule has 1 amide bonds. The second-order valence-electron chi connectivity index (χ2n) is 10.7. The highest BCUT2D eigenvalue weighted by atomic mass is 35.5. The summed E-state index contributed by atoms with van der Waals surface area (Å²) in [4.78, 5) is 31.1. The number of carbonyl (C=O) groups excluding carboxylic acids is 2. The monoisotopic (exact) mass is 566 g/mol. The molecule has 3 aromatic rings. The van der Waals surface area contributed by atoms with E-state index in [2.05, 4.69) is 4.98 Å². The van der Waals surface area contributed by atoms with E-state index in [0.29, 0.717) is 40.8 Å². The molecule has 8 nitrogen and oxygen atoms in total. The largest absolute Gasteiger partial charge is 0.462 e. The molecule has 1 heterocycles. The van der Waals surface area contributed by atoms with Gasteiger partial charge in [0.2, 0.25) is 0 Å². The number of pyridine rings is 1. The lowest BCUT2D eigenvalue weighted by molar-refractivity contribution is 0.00190. The summed E-state index contributed by atoms with van der Waals surface area (Å²) < 4.78 is 16.9.